The highest BCUT2D eigenvalue weighted by Crippen LogP contribution is 2.29. The van der Waals surface area contributed by atoms with Crippen molar-refractivity contribution in [1.29, 1.82) is 0 Å². The number of nitrogens with zero attached hydrogens (tertiary/aromatic N) is 3. The van der Waals surface area contributed by atoms with Gasteiger partial charge in [-0.2, -0.15) is 0 Å². The van der Waals surface area contributed by atoms with E-state index in [1.165, 1.54) is 0 Å². The average molecular weight is 382 g/mol. The number of anilines is 1. The molecule has 5 heteroatoms. The number of hydrogen-bond donors (Lipinski definition) is 1. The summed E-state index contributed by atoms with van der Waals surface area (Å²) in [5.41, 5.74) is 3.21. The second kappa shape index (κ2) is 6.47. The zero-order valence-corrected chi connectivity index (χ0v) is 14.4. The molecule has 0 saturated heterocycles. The molecule has 20 heavy (non-hydrogen) atoms. The Hall–Kier alpha value is -1.24. The summed E-state index contributed by atoms with van der Waals surface area (Å²) in [5, 5.41) is 3.33. The van der Waals surface area contributed by atoms with Crippen LogP contribution < -0.4 is 5.32 Å². The molecule has 0 amide bonds. The number of nitrogens with one attached hydrogen (secondary N) is 1. The molecule has 0 aromatic carbocycles. The van der Waals surface area contributed by atoms with Crippen LogP contribution in [0, 0.1) is 10.5 Å². The summed E-state index contributed by atoms with van der Waals surface area (Å²) in [6.45, 7) is 9.27. The molecule has 0 spiro atoms. The van der Waals surface area contributed by atoms with Crippen LogP contribution in [0.2, 0.25) is 0 Å². The average Bonchev–Trinajstić information content (AvgIpc) is 2.41. The lowest BCUT2D eigenvalue weighted by molar-refractivity contribution is 0.808. The van der Waals surface area contributed by atoms with Crippen molar-refractivity contribution in [3.05, 3.63) is 33.3 Å². The summed E-state index contributed by atoms with van der Waals surface area (Å²) in [4.78, 5) is 13.6. The van der Waals surface area contributed by atoms with Crippen LogP contribution in [0.25, 0.3) is 11.4 Å². The minimum atomic E-state index is 0.364. The van der Waals surface area contributed by atoms with Crippen molar-refractivity contribution in [2.45, 2.75) is 33.6 Å². The Morgan fingerprint density at radius 2 is 2.05 bits per heavy atom. The van der Waals surface area contributed by atoms with Crippen LogP contribution in [0.1, 0.15) is 37.9 Å². The lowest BCUT2D eigenvalue weighted by Crippen LogP contribution is -2.09. The van der Waals surface area contributed by atoms with Gasteiger partial charge in [0, 0.05) is 24.5 Å². The van der Waals surface area contributed by atoms with Crippen LogP contribution in [0.15, 0.2) is 18.5 Å². The maximum absolute atomic E-state index is 4.76. The molecular formula is C15H19IN4. The Morgan fingerprint density at radius 1 is 1.30 bits per heavy atom. The third kappa shape index (κ3) is 3.08. The fourth-order valence-corrected chi connectivity index (χ4v) is 3.03. The fourth-order valence-electron chi connectivity index (χ4n) is 1.98. The summed E-state index contributed by atoms with van der Waals surface area (Å²) in [5.74, 6) is 2.05. The van der Waals surface area contributed by atoms with Gasteiger partial charge in [-0.1, -0.05) is 13.8 Å². The fraction of sp³-hybridized carbons (Fsp3) is 0.400. The maximum atomic E-state index is 4.76. The van der Waals surface area contributed by atoms with Crippen molar-refractivity contribution in [3.8, 4) is 11.4 Å². The third-order valence-electron chi connectivity index (χ3n) is 3.03. The van der Waals surface area contributed by atoms with Gasteiger partial charge < -0.3 is 5.32 Å². The van der Waals surface area contributed by atoms with E-state index in [0.717, 1.165) is 38.6 Å². The van der Waals surface area contributed by atoms with E-state index in [9.17, 15) is 0 Å². The van der Waals surface area contributed by atoms with Gasteiger partial charge in [0.2, 0.25) is 0 Å². The first kappa shape index (κ1) is 15.2. The Labute approximate surface area is 133 Å². The van der Waals surface area contributed by atoms with Crippen molar-refractivity contribution in [3.63, 3.8) is 0 Å². The van der Waals surface area contributed by atoms with E-state index in [1.807, 2.05) is 19.2 Å². The molecule has 2 heterocycles. The molecule has 2 aromatic rings. The van der Waals surface area contributed by atoms with Gasteiger partial charge in [-0.15, -0.1) is 0 Å². The number of aryl methyl sites for hydroxylation is 1. The van der Waals surface area contributed by atoms with Crippen molar-refractivity contribution < 1.29 is 0 Å². The Kier molecular flexibility index (Phi) is 4.91. The zero-order chi connectivity index (χ0) is 14.7. The van der Waals surface area contributed by atoms with E-state index in [-0.39, 0.29) is 0 Å². The molecule has 0 aliphatic rings. The Morgan fingerprint density at radius 3 is 2.65 bits per heavy atom. The number of hydrogen-bond acceptors (Lipinski definition) is 4. The van der Waals surface area contributed by atoms with Gasteiger partial charge >= 0.3 is 0 Å². The summed E-state index contributed by atoms with van der Waals surface area (Å²) >= 11 is 2.32. The van der Waals surface area contributed by atoms with Crippen molar-refractivity contribution >= 4 is 28.4 Å². The third-order valence-corrected chi connectivity index (χ3v) is 4.09. The number of pyridine rings is 1. The Bertz CT molecular complexity index is 611. The van der Waals surface area contributed by atoms with Crippen LogP contribution >= 0.6 is 22.6 Å². The number of rotatable bonds is 4. The highest BCUT2D eigenvalue weighted by molar-refractivity contribution is 14.1. The van der Waals surface area contributed by atoms with Gasteiger partial charge in [-0.05, 0) is 54.0 Å². The van der Waals surface area contributed by atoms with E-state index in [0.29, 0.717) is 5.92 Å². The van der Waals surface area contributed by atoms with Crippen LogP contribution in [0.5, 0.6) is 0 Å². The van der Waals surface area contributed by atoms with Crippen LogP contribution in [-0.2, 0) is 0 Å². The molecule has 4 nitrogen and oxygen atoms in total. The van der Waals surface area contributed by atoms with Gasteiger partial charge in [0.15, 0.2) is 5.82 Å². The zero-order valence-electron chi connectivity index (χ0n) is 12.2. The molecule has 0 bridgehead atoms. The first-order valence-corrected chi connectivity index (χ1v) is 7.84. The van der Waals surface area contributed by atoms with Gasteiger partial charge in [0.05, 0.1) is 9.26 Å². The van der Waals surface area contributed by atoms with E-state index in [2.05, 4.69) is 58.6 Å². The van der Waals surface area contributed by atoms with Crippen LogP contribution in [0.3, 0.4) is 0 Å². The molecule has 0 aliphatic heterocycles. The molecule has 0 unspecified atom stereocenters. The molecule has 0 saturated carbocycles. The van der Waals surface area contributed by atoms with Crippen LogP contribution in [0.4, 0.5) is 5.82 Å². The molecule has 2 rings (SSSR count). The van der Waals surface area contributed by atoms with Crippen molar-refractivity contribution in [1.82, 2.24) is 15.0 Å². The number of halogens is 1. The van der Waals surface area contributed by atoms with E-state index >= 15 is 0 Å². The van der Waals surface area contributed by atoms with Gasteiger partial charge in [-0.25, -0.2) is 9.97 Å². The SMILES string of the molecule is CCNc1nc(-c2ccncc2C)nc(C(C)C)c1I. The molecule has 0 fully saturated rings. The van der Waals surface area contributed by atoms with Gasteiger partial charge in [-0.3, -0.25) is 4.98 Å². The monoisotopic (exact) mass is 382 g/mol. The standard InChI is InChI=1S/C15H19IN4/c1-5-18-15-12(16)13(9(2)3)19-14(20-15)11-6-7-17-8-10(11)4/h6-9H,5H2,1-4H3,(H,18,19,20). The second-order valence-electron chi connectivity index (χ2n) is 4.97. The molecule has 0 radical (unpaired) electrons. The predicted molar refractivity (Wildman–Crippen MR) is 91.0 cm³/mol. The number of aromatic nitrogens is 3. The summed E-state index contributed by atoms with van der Waals surface area (Å²) in [6.07, 6.45) is 3.63. The first-order valence-electron chi connectivity index (χ1n) is 6.76. The molecule has 2 aromatic heterocycles. The van der Waals surface area contributed by atoms with E-state index in [1.54, 1.807) is 6.20 Å². The molecule has 106 valence electrons. The molecule has 0 aliphatic carbocycles. The molecule has 1 N–H and O–H groups in total. The topological polar surface area (TPSA) is 50.7 Å². The van der Waals surface area contributed by atoms with Gasteiger partial charge in [0.25, 0.3) is 0 Å². The summed E-state index contributed by atoms with van der Waals surface area (Å²) < 4.78 is 1.11. The normalized spacial score (nSPS) is 10.9. The summed E-state index contributed by atoms with van der Waals surface area (Å²) in [6, 6.07) is 1.97. The minimum absolute atomic E-state index is 0.364. The predicted octanol–water partition coefficient (Wildman–Crippen LogP) is 4.01. The smallest absolute Gasteiger partial charge is 0.162 e. The van der Waals surface area contributed by atoms with Gasteiger partial charge in [0.1, 0.15) is 5.82 Å². The summed E-state index contributed by atoms with van der Waals surface area (Å²) in [7, 11) is 0. The molecule has 0 atom stereocenters. The van der Waals surface area contributed by atoms with Crippen LogP contribution in [-0.4, -0.2) is 21.5 Å². The van der Waals surface area contributed by atoms with E-state index < -0.39 is 0 Å². The quantitative estimate of drug-likeness (QED) is 0.812. The highest BCUT2D eigenvalue weighted by atomic mass is 127. The maximum Gasteiger partial charge on any atom is 0.162 e. The largest absolute Gasteiger partial charge is 0.369 e. The van der Waals surface area contributed by atoms with Crippen molar-refractivity contribution in [2.75, 3.05) is 11.9 Å². The first-order chi connectivity index (χ1) is 9.54. The molecular weight excluding hydrogens is 363 g/mol. The minimum Gasteiger partial charge on any atom is -0.369 e. The Balaban J connectivity index is 2.62. The van der Waals surface area contributed by atoms with Crippen molar-refractivity contribution in [2.24, 2.45) is 0 Å². The lowest BCUT2D eigenvalue weighted by Gasteiger charge is -2.15. The second-order valence-corrected chi connectivity index (χ2v) is 6.05. The van der Waals surface area contributed by atoms with E-state index in [4.69, 9.17) is 4.98 Å². The highest BCUT2D eigenvalue weighted by Gasteiger charge is 2.16. The lowest BCUT2D eigenvalue weighted by atomic mass is 10.1.